The maximum Gasteiger partial charge on any atom is 0.177 e. The first-order valence-corrected chi connectivity index (χ1v) is 4.66. The van der Waals surface area contributed by atoms with Crippen LogP contribution in [0.3, 0.4) is 0 Å². The Kier molecular flexibility index (Phi) is 2.20. The molecular formula is C8H11N5S. The monoisotopic (exact) mass is 209 g/mol. The molecule has 2 aromatic heterocycles. The van der Waals surface area contributed by atoms with E-state index < -0.39 is 0 Å². The van der Waals surface area contributed by atoms with Crippen LogP contribution in [-0.2, 0) is 13.6 Å². The fraction of sp³-hybridized carbons (Fsp3) is 0.375. The third-order valence-corrected chi connectivity index (χ3v) is 2.21. The number of nitrogens with one attached hydrogen (secondary N) is 1. The summed E-state index contributed by atoms with van der Waals surface area (Å²) >= 11 is 5.12. The van der Waals surface area contributed by atoms with Gasteiger partial charge in [-0.25, -0.2) is 4.98 Å². The van der Waals surface area contributed by atoms with Crippen molar-refractivity contribution in [3.05, 3.63) is 28.8 Å². The topological polar surface area (TPSA) is 51.4 Å². The Bertz CT molecular complexity index is 492. The Morgan fingerprint density at radius 1 is 1.57 bits per heavy atom. The molecule has 1 N–H and O–H groups in total. The van der Waals surface area contributed by atoms with Gasteiger partial charge in [0.25, 0.3) is 0 Å². The van der Waals surface area contributed by atoms with Crippen LogP contribution in [0, 0.1) is 11.7 Å². The van der Waals surface area contributed by atoms with Gasteiger partial charge in [0.1, 0.15) is 6.33 Å². The summed E-state index contributed by atoms with van der Waals surface area (Å²) in [5.74, 6) is 0.766. The van der Waals surface area contributed by atoms with Gasteiger partial charge in [-0.2, -0.15) is 5.10 Å². The van der Waals surface area contributed by atoms with E-state index in [1.807, 2.05) is 24.7 Å². The molecule has 6 heteroatoms. The summed E-state index contributed by atoms with van der Waals surface area (Å²) in [5, 5.41) is 4.18. The number of aryl methyl sites for hydroxylation is 2. The highest BCUT2D eigenvalue weighted by molar-refractivity contribution is 7.71. The molecule has 74 valence electrons. The average Bonchev–Trinajstić information content (AvgIpc) is 2.61. The Morgan fingerprint density at radius 3 is 2.86 bits per heavy atom. The molecule has 0 aliphatic rings. The molecule has 2 heterocycles. The Morgan fingerprint density at radius 2 is 2.36 bits per heavy atom. The summed E-state index contributed by atoms with van der Waals surface area (Å²) in [6.45, 7) is 2.59. The van der Waals surface area contributed by atoms with Crippen LogP contribution in [0.2, 0.25) is 0 Å². The van der Waals surface area contributed by atoms with E-state index in [1.165, 1.54) is 0 Å². The molecule has 0 unspecified atom stereocenters. The molecule has 0 aromatic carbocycles. The SMILES string of the molecule is Cc1cn(Cc2ncn(C)n2)c(=S)[nH]1. The molecule has 2 aromatic rings. The average molecular weight is 209 g/mol. The minimum Gasteiger partial charge on any atom is -0.335 e. The van der Waals surface area contributed by atoms with Gasteiger partial charge in [-0.15, -0.1) is 0 Å². The van der Waals surface area contributed by atoms with Crippen molar-refractivity contribution in [2.24, 2.45) is 7.05 Å². The molecule has 0 atom stereocenters. The Labute approximate surface area is 86.4 Å². The predicted molar refractivity (Wildman–Crippen MR) is 54.5 cm³/mol. The van der Waals surface area contributed by atoms with Gasteiger partial charge in [0, 0.05) is 18.9 Å². The molecular weight excluding hydrogens is 198 g/mol. The second-order valence-corrected chi connectivity index (χ2v) is 3.59. The second-order valence-electron chi connectivity index (χ2n) is 3.20. The number of imidazole rings is 1. The smallest absolute Gasteiger partial charge is 0.177 e. The molecule has 0 aliphatic carbocycles. The highest BCUT2D eigenvalue weighted by Gasteiger charge is 2.01. The molecule has 0 fully saturated rings. The molecule has 0 saturated carbocycles. The van der Waals surface area contributed by atoms with Gasteiger partial charge in [-0.1, -0.05) is 0 Å². The summed E-state index contributed by atoms with van der Waals surface area (Å²) in [4.78, 5) is 7.18. The van der Waals surface area contributed by atoms with Crippen molar-refractivity contribution in [2.45, 2.75) is 13.5 Å². The third-order valence-electron chi connectivity index (χ3n) is 1.87. The van der Waals surface area contributed by atoms with E-state index in [1.54, 1.807) is 11.0 Å². The van der Waals surface area contributed by atoms with Gasteiger partial charge in [0.15, 0.2) is 10.6 Å². The number of aromatic amines is 1. The number of nitrogens with zero attached hydrogens (tertiary/aromatic N) is 4. The van der Waals surface area contributed by atoms with Crippen LogP contribution in [0.15, 0.2) is 12.5 Å². The minimum atomic E-state index is 0.615. The van der Waals surface area contributed by atoms with Crippen LogP contribution in [-0.4, -0.2) is 24.3 Å². The van der Waals surface area contributed by atoms with Crippen molar-refractivity contribution >= 4 is 12.2 Å². The van der Waals surface area contributed by atoms with Crippen LogP contribution in [0.5, 0.6) is 0 Å². The maximum absolute atomic E-state index is 5.12. The zero-order valence-electron chi connectivity index (χ0n) is 8.06. The lowest BCUT2D eigenvalue weighted by Crippen LogP contribution is -2.01. The number of hydrogen-bond donors (Lipinski definition) is 1. The Balaban J connectivity index is 2.26. The molecule has 0 bridgehead atoms. The zero-order valence-corrected chi connectivity index (χ0v) is 8.88. The van der Waals surface area contributed by atoms with Crippen molar-refractivity contribution in [3.63, 3.8) is 0 Å². The van der Waals surface area contributed by atoms with E-state index in [0.29, 0.717) is 11.3 Å². The lowest BCUT2D eigenvalue weighted by Gasteiger charge is -1.95. The van der Waals surface area contributed by atoms with Gasteiger partial charge in [0.05, 0.1) is 6.54 Å². The molecule has 14 heavy (non-hydrogen) atoms. The van der Waals surface area contributed by atoms with Crippen molar-refractivity contribution in [1.29, 1.82) is 0 Å². The van der Waals surface area contributed by atoms with E-state index >= 15 is 0 Å². The summed E-state index contributed by atoms with van der Waals surface area (Å²) in [7, 11) is 1.85. The second kappa shape index (κ2) is 3.38. The van der Waals surface area contributed by atoms with Gasteiger partial charge >= 0.3 is 0 Å². The molecule has 5 nitrogen and oxygen atoms in total. The highest BCUT2D eigenvalue weighted by atomic mass is 32.1. The predicted octanol–water partition coefficient (Wildman–Crippen LogP) is 1.03. The van der Waals surface area contributed by atoms with Gasteiger partial charge in [-0.05, 0) is 19.1 Å². The van der Waals surface area contributed by atoms with E-state index in [9.17, 15) is 0 Å². The van der Waals surface area contributed by atoms with Crippen LogP contribution in [0.4, 0.5) is 0 Å². The van der Waals surface area contributed by atoms with Crippen LogP contribution < -0.4 is 0 Å². The van der Waals surface area contributed by atoms with Crippen molar-refractivity contribution < 1.29 is 0 Å². The van der Waals surface area contributed by atoms with Crippen LogP contribution in [0.25, 0.3) is 0 Å². The fourth-order valence-corrected chi connectivity index (χ4v) is 1.57. The van der Waals surface area contributed by atoms with Gasteiger partial charge in [-0.3, -0.25) is 4.68 Å². The zero-order chi connectivity index (χ0) is 10.1. The standard InChI is InChI=1S/C8H11N5S/c1-6-3-13(8(14)10-6)4-7-9-5-12(2)11-7/h3,5H,4H2,1-2H3,(H,10,14). The van der Waals surface area contributed by atoms with Crippen molar-refractivity contribution in [1.82, 2.24) is 24.3 Å². The van der Waals surface area contributed by atoms with Gasteiger partial charge < -0.3 is 9.55 Å². The molecule has 0 amide bonds. The summed E-state index contributed by atoms with van der Waals surface area (Å²) in [6.07, 6.45) is 3.64. The van der Waals surface area contributed by atoms with Crippen LogP contribution >= 0.6 is 12.2 Å². The quantitative estimate of drug-likeness (QED) is 0.752. The first-order valence-electron chi connectivity index (χ1n) is 4.26. The molecule has 2 rings (SSSR count). The van der Waals surface area contributed by atoms with Crippen molar-refractivity contribution in [3.8, 4) is 0 Å². The van der Waals surface area contributed by atoms with E-state index in [0.717, 1.165) is 11.5 Å². The molecule has 0 radical (unpaired) electrons. The van der Waals surface area contributed by atoms with Crippen LogP contribution in [0.1, 0.15) is 11.5 Å². The van der Waals surface area contributed by atoms with E-state index in [-0.39, 0.29) is 0 Å². The lowest BCUT2D eigenvalue weighted by atomic mass is 10.5. The lowest BCUT2D eigenvalue weighted by molar-refractivity contribution is 0.696. The number of rotatable bonds is 2. The maximum atomic E-state index is 5.12. The van der Waals surface area contributed by atoms with Crippen molar-refractivity contribution in [2.75, 3.05) is 0 Å². The number of aromatic nitrogens is 5. The van der Waals surface area contributed by atoms with E-state index in [4.69, 9.17) is 12.2 Å². The minimum absolute atomic E-state index is 0.615. The summed E-state index contributed by atoms with van der Waals surface area (Å²) in [5.41, 5.74) is 1.05. The normalized spacial score (nSPS) is 10.7. The van der Waals surface area contributed by atoms with E-state index in [2.05, 4.69) is 15.1 Å². The van der Waals surface area contributed by atoms with Gasteiger partial charge in [0.2, 0.25) is 0 Å². The first kappa shape index (κ1) is 9.14. The largest absolute Gasteiger partial charge is 0.335 e. The third kappa shape index (κ3) is 1.74. The molecule has 0 saturated heterocycles. The fourth-order valence-electron chi connectivity index (χ4n) is 1.29. The molecule has 0 spiro atoms. The summed E-state index contributed by atoms with van der Waals surface area (Å²) in [6, 6.07) is 0. The Hall–Kier alpha value is -1.43. The number of H-pyrrole nitrogens is 1. The molecule has 0 aliphatic heterocycles. The summed E-state index contributed by atoms with van der Waals surface area (Å²) < 4.78 is 4.30. The first-order chi connectivity index (χ1) is 6.65. The number of hydrogen-bond acceptors (Lipinski definition) is 3. The highest BCUT2D eigenvalue weighted by Crippen LogP contribution is 2.00.